The lowest BCUT2D eigenvalue weighted by Gasteiger charge is -2.05. The highest BCUT2D eigenvalue weighted by Crippen LogP contribution is 2.11. The van der Waals surface area contributed by atoms with Crippen molar-refractivity contribution in [2.75, 3.05) is 0 Å². The van der Waals surface area contributed by atoms with Crippen molar-refractivity contribution < 1.29 is 0 Å². The molecule has 0 fully saturated rings. The number of pyridine rings is 2. The molecule has 0 bridgehead atoms. The van der Waals surface area contributed by atoms with E-state index in [2.05, 4.69) is 39.6 Å². The van der Waals surface area contributed by atoms with Crippen molar-refractivity contribution in [3.63, 3.8) is 0 Å². The van der Waals surface area contributed by atoms with E-state index in [0.717, 1.165) is 24.3 Å². The number of fused-ring (bicyclic) bond motifs is 1. The van der Waals surface area contributed by atoms with Crippen molar-refractivity contribution in [2.24, 2.45) is 0 Å². The maximum absolute atomic E-state index is 4.63. The minimum Gasteiger partial charge on any atom is -0.307 e. The van der Waals surface area contributed by atoms with Gasteiger partial charge in [-0.25, -0.2) is 0 Å². The number of hydrogen-bond acceptors (Lipinski definition) is 3. The van der Waals surface area contributed by atoms with Gasteiger partial charge in [0.1, 0.15) is 0 Å². The molecule has 1 N–H and O–H groups in total. The van der Waals surface area contributed by atoms with Gasteiger partial charge in [0.15, 0.2) is 0 Å². The second-order valence-corrected chi connectivity index (χ2v) is 4.46. The molecule has 0 amide bonds. The minimum atomic E-state index is 0.764. The van der Waals surface area contributed by atoms with E-state index in [1.807, 2.05) is 30.5 Å². The zero-order valence-corrected chi connectivity index (χ0v) is 10.6. The van der Waals surface area contributed by atoms with E-state index in [1.54, 1.807) is 6.20 Å². The molecule has 0 spiro atoms. The van der Waals surface area contributed by atoms with Gasteiger partial charge in [-0.2, -0.15) is 0 Å². The summed E-state index contributed by atoms with van der Waals surface area (Å²) < 4.78 is 0. The van der Waals surface area contributed by atoms with Gasteiger partial charge in [-0.3, -0.25) is 9.97 Å². The average molecular weight is 249 g/mol. The maximum atomic E-state index is 4.63. The standard InChI is InChI=1S/C16H15N3/c1-2-6-16-14(5-1)7-8-15(19-16)12-18-11-13-4-3-9-17-10-13/h1-10,18H,11-12H2. The topological polar surface area (TPSA) is 37.8 Å². The van der Waals surface area contributed by atoms with E-state index in [9.17, 15) is 0 Å². The van der Waals surface area contributed by atoms with Crippen LogP contribution in [0, 0.1) is 0 Å². The van der Waals surface area contributed by atoms with Crippen LogP contribution in [0.1, 0.15) is 11.3 Å². The molecule has 19 heavy (non-hydrogen) atoms. The summed E-state index contributed by atoms with van der Waals surface area (Å²) in [5, 5.41) is 4.56. The van der Waals surface area contributed by atoms with Crippen molar-refractivity contribution in [3.05, 3.63) is 72.2 Å². The number of hydrogen-bond donors (Lipinski definition) is 1. The molecule has 2 aromatic heterocycles. The fraction of sp³-hybridized carbons (Fsp3) is 0.125. The molecule has 2 heterocycles. The van der Waals surface area contributed by atoms with Crippen LogP contribution < -0.4 is 5.32 Å². The Kier molecular flexibility index (Phi) is 3.47. The Morgan fingerprint density at radius 1 is 0.895 bits per heavy atom. The van der Waals surface area contributed by atoms with Crippen LogP contribution in [0.4, 0.5) is 0 Å². The average Bonchev–Trinajstić information content (AvgIpc) is 2.48. The summed E-state index contributed by atoms with van der Waals surface area (Å²) in [6.45, 7) is 1.57. The van der Waals surface area contributed by atoms with Crippen LogP contribution in [-0.4, -0.2) is 9.97 Å². The van der Waals surface area contributed by atoms with Crippen LogP contribution in [0.5, 0.6) is 0 Å². The lowest BCUT2D eigenvalue weighted by atomic mass is 10.2. The van der Waals surface area contributed by atoms with Crippen LogP contribution in [0.15, 0.2) is 60.9 Å². The molecular weight excluding hydrogens is 234 g/mol. The minimum absolute atomic E-state index is 0.764. The van der Waals surface area contributed by atoms with Crippen molar-refractivity contribution in [3.8, 4) is 0 Å². The Balaban J connectivity index is 1.65. The van der Waals surface area contributed by atoms with Gasteiger partial charge in [0.25, 0.3) is 0 Å². The third-order valence-corrected chi connectivity index (χ3v) is 3.01. The molecule has 0 saturated heterocycles. The van der Waals surface area contributed by atoms with E-state index < -0.39 is 0 Å². The van der Waals surface area contributed by atoms with Crippen LogP contribution in [0.3, 0.4) is 0 Å². The molecule has 3 rings (SSSR count). The van der Waals surface area contributed by atoms with E-state index in [-0.39, 0.29) is 0 Å². The Morgan fingerprint density at radius 2 is 1.84 bits per heavy atom. The molecule has 0 aliphatic carbocycles. The molecule has 0 aliphatic heterocycles. The van der Waals surface area contributed by atoms with Gasteiger partial charge in [-0.15, -0.1) is 0 Å². The predicted molar refractivity (Wildman–Crippen MR) is 76.5 cm³/mol. The van der Waals surface area contributed by atoms with Crippen molar-refractivity contribution in [1.29, 1.82) is 0 Å². The fourth-order valence-corrected chi connectivity index (χ4v) is 2.04. The van der Waals surface area contributed by atoms with E-state index in [1.165, 1.54) is 10.9 Å². The Hall–Kier alpha value is -2.26. The van der Waals surface area contributed by atoms with Crippen molar-refractivity contribution >= 4 is 10.9 Å². The second-order valence-electron chi connectivity index (χ2n) is 4.46. The Bertz CT molecular complexity index is 665. The molecule has 3 aromatic rings. The van der Waals surface area contributed by atoms with E-state index >= 15 is 0 Å². The first-order chi connectivity index (χ1) is 9.42. The lowest BCUT2D eigenvalue weighted by Crippen LogP contribution is -2.13. The second kappa shape index (κ2) is 5.59. The van der Waals surface area contributed by atoms with Gasteiger partial charge < -0.3 is 5.32 Å². The van der Waals surface area contributed by atoms with Gasteiger partial charge in [0, 0.05) is 30.9 Å². The smallest absolute Gasteiger partial charge is 0.0705 e. The summed E-state index contributed by atoms with van der Waals surface area (Å²) in [5.74, 6) is 0. The summed E-state index contributed by atoms with van der Waals surface area (Å²) in [7, 11) is 0. The number of benzene rings is 1. The van der Waals surface area contributed by atoms with Gasteiger partial charge in [-0.1, -0.05) is 30.3 Å². The largest absolute Gasteiger partial charge is 0.307 e. The number of nitrogens with zero attached hydrogens (tertiary/aromatic N) is 2. The zero-order valence-electron chi connectivity index (χ0n) is 10.6. The first-order valence-electron chi connectivity index (χ1n) is 6.36. The monoisotopic (exact) mass is 249 g/mol. The number of nitrogens with one attached hydrogen (secondary N) is 1. The van der Waals surface area contributed by atoms with E-state index in [4.69, 9.17) is 0 Å². The molecule has 0 atom stereocenters. The first kappa shape index (κ1) is 11.8. The van der Waals surface area contributed by atoms with Crippen molar-refractivity contribution in [1.82, 2.24) is 15.3 Å². The highest BCUT2D eigenvalue weighted by Gasteiger charge is 1.98. The Morgan fingerprint density at radius 3 is 2.74 bits per heavy atom. The van der Waals surface area contributed by atoms with Gasteiger partial charge in [-0.05, 0) is 23.8 Å². The quantitative estimate of drug-likeness (QED) is 0.772. The van der Waals surface area contributed by atoms with Crippen LogP contribution in [0.25, 0.3) is 10.9 Å². The Labute approximate surface area is 112 Å². The van der Waals surface area contributed by atoms with Crippen molar-refractivity contribution in [2.45, 2.75) is 13.1 Å². The third-order valence-electron chi connectivity index (χ3n) is 3.01. The molecule has 1 aromatic carbocycles. The lowest BCUT2D eigenvalue weighted by molar-refractivity contribution is 0.680. The fourth-order valence-electron chi connectivity index (χ4n) is 2.04. The number of para-hydroxylation sites is 1. The van der Waals surface area contributed by atoms with E-state index in [0.29, 0.717) is 0 Å². The highest BCUT2D eigenvalue weighted by molar-refractivity contribution is 5.78. The molecule has 0 aliphatic rings. The van der Waals surface area contributed by atoms with Gasteiger partial charge in [0.2, 0.25) is 0 Å². The summed E-state index contributed by atoms with van der Waals surface area (Å²) >= 11 is 0. The summed E-state index contributed by atoms with van der Waals surface area (Å²) in [6.07, 6.45) is 3.66. The normalized spacial score (nSPS) is 10.7. The highest BCUT2D eigenvalue weighted by atomic mass is 14.9. The van der Waals surface area contributed by atoms with Crippen LogP contribution >= 0.6 is 0 Å². The molecule has 3 heteroatoms. The number of rotatable bonds is 4. The molecule has 94 valence electrons. The summed E-state index contributed by atoms with van der Waals surface area (Å²) in [6, 6.07) is 16.4. The predicted octanol–water partition coefficient (Wildman–Crippen LogP) is 2.92. The molecule has 0 unspecified atom stereocenters. The number of aromatic nitrogens is 2. The summed E-state index contributed by atoms with van der Waals surface area (Å²) in [4.78, 5) is 8.72. The first-order valence-corrected chi connectivity index (χ1v) is 6.36. The maximum Gasteiger partial charge on any atom is 0.0705 e. The summed E-state index contributed by atoms with van der Waals surface area (Å²) in [5.41, 5.74) is 3.29. The van der Waals surface area contributed by atoms with Crippen LogP contribution in [-0.2, 0) is 13.1 Å². The van der Waals surface area contributed by atoms with Crippen LogP contribution in [0.2, 0.25) is 0 Å². The molecular formula is C16H15N3. The molecule has 0 saturated carbocycles. The SMILES string of the molecule is c1cncc(CNCc2ccc3ccccc3n2)c1. The van der Waals surface area contributed by atoms with Gasteiger partial charge in [0.05, 0.1) is 11.2 Å². The zero-order chi connectivity index (χ0) is 12.9. The van der Waals surface area contributed by atoms with Gasteiger partial charge >= 0.3 is 0 Å². The molecule has 3 nitrogen and oxygen atoms in total. The molecule has 0 radical (unpaired) electrons. The third kappa shape index (κ3) is 2.95.